The monoisotopic (exact) mass is 328 g/mol. The molecule has 23 heavy (non-hydrogen) atoms. The molecule has 1 aromatic heterocycles. The highest BCUT2D eigenvalue weighted by Gasteiger charge is 2.10. The number of quaternary nitrogens is 1. The Morgan fingerprint density at radius 3 is 2.52 bits per heavy atom. The Balaban J connectivity index is 0.000000433. The smallest absolute Gasteiger partial charge is 0.125 e. The van der Waals surface area contributed by atoms with Gasteiger partial charge in [-0.3, -0.25) is 0 Å². The fraction of sp³-hybridized carbons (Fsp3) is 0.222. The van der Waals surface area contributed by atoms with Gasteiger partial charge >= 0.3 is 0 Å². The number of hydrogen-bond donors (Lipinski definition) is 1. The van der Waals surface area contributed by atoms with E-state index in [9.17, 15) is 9.90 Å². The lowest BCUT2D eigenvalue weighted by Crippen LogP contribution is -2.57. The second-order valence-electron chi connectivity index (χ2n) is 5.72. The minimum absolute atomic E-state index is 0.179. The van der Waals surface area contributed by atoms with Crippen LogP contribution in [0.4, 0.5) is 0 Å². The van der Waals surface area contributed by atoms with Gasteiger partial charge in [-0.2, -0.15) is 0 Å². The maximum atomic E-state index is 11.1. The molecular formula is C18H20N2O2S. The van der Waals surface area contributed by atoms with Crippen LogP contribution in [-0.2, 0) is 0 Å². The predicted octanol–water partition coefficient (Wildman–Crippen LogP) is 2.27. The molecule has 5 heteroatoms. The number of carbonyl (C=O) groups excluding carboxylic acids is 1. The fourth-order valence-electron chi connectivity index (χ4n) is 2.00. The van der Waals surface area contributed by atoms with Crippen molar-refractivity contribution in [1.29, 1.82) is 0 Å². The highest BCUT2D eigenvalue weighted by atomic mass is 32.1. The van der Waals surface area contributed by atoms with Gasteiger partial charge in [-0.25, -0.2) is 4.98 Å². The molecule has 0 saturated heterocycles. The van der Waals surface area contributed by atoms with Crippen LogP contribution in [0.3, 0.4) is 0 Å². The molecule has 0 amide bonds. The first-order chi connectivity index (χ1) is 10.9. The molecule has 0 fully saturated rings. The van der Waals surface area contributed by atoms with Crippen LogP contribution in [0.15, 0.2) is 42.5 Å². The van der Waals surface area contributed by atoms with E-state index in [1.54, 1.807) is 24.3 Å². The molecule has 0 saturated carbocycles. The molecule has 0 unspecified atom stereocenters. The summed E-state index contributed by atoms with van der Waals surface area (Å²) in [5, 5.41) is 11.8. The molecule has 0 aliphatic rings. The van der Waals surface area contributed by atoms with Gasteiger partial charge in [0.25, 0.3) is 0 Å². The average molecular weight is 328 g/mol. The molecule has 3 aromatic rings. The molecule has 0 bridgehead atoms. The average Bonchev–Trinajstić information content (AvgIpc) is 2.89. The Morgan fingerprint density at radius 2 is 1.87 bits per heavy atom. The van der Waals surface area contributed by atoms with Crippen LogP contribution in [0.25, 0.3) is 20.8 Å². The van der Waals surface area contributed by atoms with Gasteiger partial charge in [0.1, 0.15) is 5.01 Å². The zero-order valence-corrected chi connectivity index (χ0v) is 14.3. The third kappa shape index (κ3) is 4.37. The van der Waals surface area contributed by atoms with Gasteiger partial charge in [-0.1, -0.05) is 30.3 Å². The van der Waals surface area contributed by atoms with Gasteiger partial charge in [-0.05, 0) is 38.5 Å². The van der Waals surface area contributed by atoms with Gasteiger partial charge in [-0.15, -0.1) is 11.3 Å². The van der Waals surface area contributed by atoms with Crippen LogP contribution >= 0.6 is 11.3 Å². The Hall–Kier alpha value is -2.24. The number of fused-ring (bicyclic) bond motifs is 1. The van der Waals surface area contributed by atoms with E-state index in [4.69, 9.17) is 0 Å². The lowest BCUT2D eigenvalue weighted by Gasteiger charge is -2.06. The fourth-order valence-corrected chi connectivity index (χ4v) is 2.99. The molecule has 3 N–H and O–H groups in total. The first-order valence-corrected chi connectivity index (χ1v) is 8.21. The zero-order chi connectivity index (χ0) is 17.0. The van der Waals surface area contributed by atoms with E-state index >= 15 is 0 Å². The molecule has 0 aliphatic carbocycles. The predicted molar refractivity (Wildman–Crippen MR) is 92.1 cm³/mol. The van der Waals surface area contributed by atoms with E-state index in [0.29, 0.717) is 16.6 Å². The first kappa shape index (κ1) is 17.1. The molecule has 0 radical (unpaired) electrons. The van der Waals surface area contributed by atoms with E-state index in [2.05, 4.69) is 24.6 Å². The minimum atomic E-state index is -1.17. The number of carbonyl (C=O) groups is 1. The molecular weight excluding hydrogens is 308 g/mol. The summed E-state index contributed by atoms with van der Waals surface area (Å²) in [5.74, 6) is -1.17. The molecule has 0 spiro atoms. The van der Waals surface area contributed by atoms with E-state index in [1.807, 2.05) is 25.1 Å². The maximum Gasteiger partial charge on any atom is 0.125 e. The van der Waals surface area contributed by atoms with Gasteiger partial charge in [0.05, 0.1) is 22.2 Å². The molecule has 2 aromatic carbocycles. The lowest BCUT2D eigenvalue weighted by atomic mass is 10.1. The number of rotatable bonds is 2. The van der Waals surface area contributed by atoms with Crippen LogP contribution in [-0.4, -0.2) is 17.0 Å². The minimum Gasteiger partial charge on any atom is -0.545 e. The Kier molecular flexibility index (Phi) is 5.47. The van der Waals surface area contributed by atoms with Crippen molar-refractivity contribution in [3.63, 3.8) is 0 Å². The summed E-state index contributed by atoms with van der Waals surface area (Å²) in [4.78, 5) is 15.6. The number of nitrogens with zero attached hydrogens (tertiary/aromatic N) is 1. The third-order valence-electron chi connectivity index (χ3n) is 2.92. The summed E-state index contributed by atoms with van der Waals surface area (Å²) < 4.78 is 1.05. The number of aromatic nitrogens is 1. The molecule has 120 valence electrons. The van der Waals surface area contributed by atoms with Crippen molar-refractivity contribution in [2.24, 2.45) is 0 Å². The van der Waals surface area contributed by atoms with Gasteiger partial charge in [0.2, 0.25) is 0 Å². The van der Waals surface area contributed by atoms with Gasteiger partial charge < -0.3 is 15.6 Å². The largest absolute Gasteiger partial charge is 0.545 e. The summed E-state index contributed by atoms with van der Waals surface area (Å²) in [7, 11) is 0. The van der Waals surface area contributed by atoms with Crippen LogP contribution in [0, 0.1) is 6.92 Å². The van der Waals surface area contributed by atoms with Crippen molar-refractivity contribution < 1.29 is 15.6 Å². The zero-order valence-electron chi connectivity index (χ0n) is 13.5. The number of aromatic carboxylic acids is 1. The van der Waals surface area contributed by atoms with Crippen LogP contribution in [0.1, 0.15) is 29.8 Å². The Labute approximate surface area is 139 Å². The molecule has 0 aliphatic heterocycles. The van der Waals surface area contributed by atoms with E-state index in [-0.39, 0.29) is 5.56 Å². The van der Waals surface area contributed by atoms with E-state index in [0.717, 1.165) is 15.8 Å². The normalized spacial score (nSPS) is 10.5. The third-order valence-corrected chi connectivity index (χ3v) is 3.99. The molecule has 3 rings (SSSR count). The molecule has 0 atom stereocenters. The standard InChI is InChI=1S/C15H11NO2S.C3H9N/c1-9-6-7-13-12(8-9)16-14(19-13)10-4-2-3-5-11(10)15(17)18;1-3(2)4/h2-8H,1H3,(H,17,18);3H,4H2,1-2H3. The summed E-state index contributed by atoms with van der Waals surface area (Å²) in [6.45, 7) is 6.12. The number of aryl methyl sites for hydroxylation is 1. The summed E-state index contributed by atoms with van der Waals surface area (Å²) in [5.41, 5.74) is 6.46. The number of hydrogen-bond acceptors (Lipinski definition) is 4. The Bertz CT molecular complexity index is 822. The van der Waals surface area contributed by atoms with Crippen molar-refractivity contribution in [2.45, 2.75) is 26.8 Å². The maximum absolute atomic E-state index is 11.1. The SMILES string of the molecule is CC(C)[NH3+].Cc1ccc2sc(-c3ccccc3C(=O)[O-])nc2c1. The van der Waals surface area contributed by atoms with E-state index < -0.39 is 5.97 Å². The number of benzene rings is 2. The highest BCUT2D eigenvalue weighted by Crippen LogP contribution is 2.32. The highest BCUT2D eigenvalue weighted by molar-refractivity contribution is 7.21. The first-order valence-electron chi connectivity index (χ1n) is 7.39. The molecule has 1 heterocycles. The summed E-state index contributed by atoms with van der Waals surface area (Å²) >= 11 is 1.49. The Morgan fingerprint density at radius 1 is 1.22 bits per heavy atom. The van der Waals surface area contributed by atoms with Crippen molar-refractivity contribution >= 4 is 27.5 Å². The van der Waals surface area contributed by atoms with Crippen molar-refractivity contribution in [3.05, 3.63) is 53.6 Å². The van der Waals surface area contributed by atoms with Crippen LogP contribution < -0.4 is 10.8 Å². The lowest BCUT2D eigenvalue weighted by molar-refractivity contribution is -0.407. The summed E-state index contributed by atoms with van der Waals surface area (Å²) in [6, 6.07) is 13.4. The van der Waals surface area contributed by atoms with Crippen molar-refractivity contribution in [3.8, 4) is 10.6 Å². The van der Waals surface area contributed by atoms with Crippen molar-refractivity contribution in [1.82, 2.24) is 4.98 Å². The van der Waals surface area contributed by atoms with Crippen molar-refractivity contribution in [2.75, 3.05) is 0 Å². The number of carboxylic acid groups (broad SMARTS) is 1. The second-order valence-corrected chi connectivity index (χ2v) is 6.75. The number of thiazole rings is 1. The quantitative estimate of drug-likeness (QED) is 0.783. The van der Waals surface area contributed by atoms with Crippen LogP contribution in [0.5, 0.6) is 0 Å². The van der Waals surface area contributed by atoms with Crippen LogP contribution in [0.2, 0.25) is 0 Å². The van der Waals surface area contributed by atoms with Gasteiger partial charge in [0.15, 0.2) is 0 Å². The van der Waals surface area contributed by atoms with E-state index in [1.165, 1.54) is 11.3 Å². The number of carboxylic acids is 1. The molecule has 4 nitrogen and oxygen atoms in total. The second kappa shape index (κ2) is 7.35. The van der Waals surface area contributed by atoms with Gasteiger partial charge in [0, 0.05) is 11.1 Å². The summed E-state index contributed by atoms with van der Waals surface area (Å²) in [6.07, 6.45) is 0. The topological polar surface area (TPSA) is 80.7 Å².